The minimum atomic E-state index is -0.304. The van der Waals surface area contributed by atoms with Crippen molar-refractivity contribution in [3.63, 3.8) is 0 Å². The normalized spacial score (nSPS) is 12.2. The van der Waals surface area contributed by atoms with E-state index in [-0.39, 0.29) is 11.7 Å². The van der Waals surface area contributed by atoms with Crippen molar-refractivity contribution in [1.29, 1.82) is 0 Å². The Bertz CT molecular complexity index is 865. The monoisotopic (exact) mass is 322 g/mol. The lowest BCUT2D eigenvalue weighted by Crippen LogP contribution is -2.04. The second-order valence-electron chi connectivity index (χ2n) is 6.02. The summed E-state index contributed by atoms with van der Waals surface area (Å²) in [5.74, 6) is 0.703. The van der Waals surface area contributed by atoms with Crippen molar-refractivity contribution < 1.29 is 9.15 Å². The highest BCUT2D eigenvalue weighted by atomic mass is 16.5. The van der Waals surface area contributed by atoms with E-state index in [9.17, 15) is 4.79 Å². The molecule has 0 unspecified atom stereocenters. The average molecular weight is 322 g/mol. The molecule has 0 saturated heterocycles. The Morgan fingerprint density at radius 2 is 1.88 bits per heavy atom. The van der Waals surface area contributed by atoms with Gasteiger partial charge >= 0.3 is 5.63 Å². The largest absolute Gasteiger partial charge is 0.486 e. The molecule has 0 aliphatic heterocycles. The lowest BCUT2D eigenvalue weighted by molar-refractivity contribution is 0.227. The maximum Gasteiger partial charge on any atom is 0.336 e. The van der Waals surface area contributed by atoms with Crippen LogP contribution < -0.4 is 10.4 Å². The fourth-order valence-electron chi connectivity index (χ4n) is 2.85. The highest BCUT2D eigenvalue weighted by Gasteiger charge is 2.10. The Hall–Kier alpha value is -2.55. The Labute approximate surface area is 141 Å². The van der Waals surface area contributed by atoms with E-state index in [1.807, 2.05) is 55.5 Å². The highest BCUT2D eigenvalue weighted by molar-refractivity contribution is 5.81. The topological polar surface area (TPSA) is 39.4 Å². The molecule has 0 spiro atoms. The van der Waals surface area contributed by atoms with Crippen molar-refractivity contribution in [2.24, 2.45) is 0 Å². The minimum Gasteiger partial charge on any atom is -0.486 e. The zero-order valence-corrected chi connectivity index (χ0v) is 14.1. The molecule has 0 amide bonds. The van der Waals surface area contributed by atoms with Crippen LogP contribution in [0.4, 0.5) is 0 Å². The van der Waals surface area contributed by atoms with Crippen LogP contribution in [0.25, 0.3) is 11.0 Å². The van der Waals surface area contributed by atoms with E-state index in [1.165, 1.54) is 0 Å². The van der Waals surface area contributed by atoms with Crippen molar-refractivity contribution in [2.45, 2.75) is 39.2 Å². The number of unbranched alkanes of at least 4 members (excludes halogenated alkanes) is 1. The fraction of sp³-hybridized carbons (Fsp3) is 0.286. The Balaban J connectivity index is 1.89. The summed E-state index contributed by atoms with van der Waals surface area (Å²) >= 11 is 0. The zero-order chi connectivity index (χ0) is 16.9. The summed E-state index contributed by atoms with van der Waals surface area (Å²) < 4.78 is 11.4. The summed E-state index contributed by atoms with van der Waals surface area (Å²) in [4.78, 5) is 11.8. The van der Waals surface area contributed by atoms with Gasteiger partial charge in [-0.1, -0.05) is 43.7 Å². The van der Waals surface area contributed by atoms with Crippen LogP contribution in [0.15, 0.2) is 63.8 Å². The van der Waals surface area contributed by atoms with E-state index in [1.54, 1.807) is 6.07 Å². The number of hydrogen-bond acceptors (Lipinski definition) is 3. The van der Waals surface area contributed by atoms with E-state index in [0.29, 0.717) is 11.3 Å². The van der Waals surface area contributed by atoms with Crippen LogP contribution in [0.1, 0.15) is 43.9 Å². The number of ether oxygens (including phenoxy) is 1. The molecule has 0 aliphatic carbocycles. The number of hydrogen-bond donors (Lipinski definition) is 0. The predicted octanol–water partition coefficient (Wildman–Crippen LogP) is 5.28. The first-order chi connectivity index (χ1) is 11.7. The van der Waals surface area contributed by atoms with Gasteiger partial charge in [0.05, 0.1) is 0 Å². The van der Waals surface area contributed by atoms with Crippen LogP contribution in [0, 0.1) is 0 Å². The Morgan fingerprint density at radius 3 is 2.62 bits per heavy atom. The molecule has 2 aromatic carbocycles. The second kappa shape index (κ2) is 7.35. The van der Waals surface area contributed by atoms with E-state index < -0.39 is 0 Å². The molecule has 24 heavy (non-hydrogen) atoms. The van der Waals surface area contributed by atoms with E-state index >= 15 is 0 Å². The first kappa shape index (κ1) is 16.3. The van der Waals surface area contributed by atoms with Crippen LogP contribution in [-0.4, -0.2) is 0 Å². The molecule has 0 aliphatic rings. The molecular weight excluding hydrogens is 300 g/mol. The van der Waals surface area contributed by atoms with Crippen molar-refractivity contribution in [3.8, 4) is 5.75 Å². The molecule has 3 aromatic rings. The molecule has 0 saturated carbocycles. The summed E-state index contributed by atoms with van der Waals surface area (Å²) in [6.45, 7) is 4.15. The molecule has 1 aromatic heterocycles. The van der Waals surface area contributed by atoms with Crippen LogP contribution in [0.2, 0.25) is 0 Å². The summed E-state index contributed by atoms with van der Waals surface area (Å²) in [6.07, 6.45) is 2.97. The van der Waals surface area contributed by atoms with Crippen molar-refractivity contribution in [3.05, 3.63) is 76.1 Å². The van der Waals surface area contributed by atoms with Gasteiger partial charge in [-0.05, 0) is 43.0 Å². The quantitative estimate of drug-likeness (QED) is 0.580. The van der Waals surface area contributed by atoms with Gasteiger partial charge in [-0.15, -0.1) is 0 Å². The molecule has 0 bridgehead atoms. The number of rotatable bonds is 6. The third-order valence-electron chi connectivity index (χ3n) is 4.18. The first-order valence-corrected chi connectivity index (χ1v) is 8.45. The van der Waals surface area contributed by atoms with Crippen molar-refractivity contribution >= 4 is 11.0 Å². The van der Waals surface area contributed by atoms with Gasteiger partial charge in [-0.2, -0.15) is 0 Å². The summed E-state index contributed by atoms with van der Waals surface area (Å²) in [5.41, 5.74) is 2.44. The van der Waals surface area contributed by atoms with Gasteiger partial charge in [-0.3, -0.25) is 0 Å². The Kier molecular flexibility index (Phi) is 4.99. The van der Waals surface area contributed by atoms with Gasteiger partial charge in [-0.25, -0.2) is 4.79 Å². The van der Waals surface area contributed by atoms with Crippen LogP contribution in [-0.2, 0) is 6.42 Å². The predicted molar refractivity (Wildman–Crippen MR) is 96.6 cm³/mol. The molecule has 3 rings (SSSR count). The third kappa shape index (κ3) is 3.67. The summed E-state index contributed by atoms with van der Waals surface area (Å²) in [5, 5.41) is 0.989. The summed E-state index contributed by atoms with van der Waals surface area (Å²) in [6, 6.07) is 17.4. The molecule has 124 valence electrons. The van der Waals surface area contributed by atoms with Crippen molar-refractivity contribution in [2.75, 3.05) is 0 Å². The van der Waals surface area contributed by atoms with Crippen LogP contribution >= 0.6 is 0 Å². The van der Waals surface area contributed by atoms with Gasteiger partial charge in [0, 0.05) is 17.5 Å². The fourth-order valence-corrected chi connectivity index (χ4v) is 2.85. The van der Waals surface area contributed by atoms with Crippen LogP contribution in [0.5, 0.6) is 5.75 Å². The third-order valence-corrected chi connectivity index (χ3v) is 4.18. The smallest absolute Gasteiger partial charge is 0.336 e. The molecule has 3 heteroatoms. The molecule has 1 heterocycles. The van der Waals surface area contributed by atoms with E-state index in [4.69, 9.17) is 9.15 Å². The highest BCUT2D eigenvalue weighted by Crippen LogP contribution is 2.27. The van der Waals surface area contributed by atoms with Gasteiger partial charge in [0.1, 0.15) is 17.4 Å². The minimum absolute atomic E-state index is 0.0707. The van der Waals surface area contributed by atoms with E-state index in [2.05, 4.69) is 6.92 Å². The van der Waals surface area contributed by atoms with Crippen molar-refractivity contribution in [1.82, 2.24) is 0 Å². The SMILES string of the molecule is CCCCc1cc(=O)oc2cc(O[C@H](C)c3ccccc3)ccc12. The lowest BCUT2D eigenvalue weighted by Gasteiger charge is -2.15. The second-order valence-corrected chi connectivity index (χ2v) is 6.02. The number of fused-ring (bicyclic) bond motifs is 1. The molecule has 0 N–H and O–H groups in total. The average Bonchev–Trinajstić information content (AvgIpc) is 2.60. The molecule has 0 radical (unpaired) electrons. The van der Waals surface area contributed by atoms with Gasteiger partial charge in [0.25, 0.3) is 0 Å². The standard InChI is InChI=1S/C21H22O3/c1-3-4-8-17-13-21(22)24-20-14-18(11-12-19(17)20)23-15(2)16-9-6-5-7-10-16/h5-7,9-15H,3-4,8H2,1-2H3/t15-/m1/s1. The number of aryl methyl sites for hydroxylation is 1. The maximum absolute atomic E-state index is 11.8. The molecule has 1 atom stereocenters. The molecule has 0 fully saturated rings. The number of benzene rings is 2. The first-order valence-electron chi connectivity index (χ1n) is 8.45. The molecule has 3 nitrogen and oxygen atoms in total. The van der Waals surface area contributed by atoms with Gasteiger partial charge in [0.2, 0.25) is 0 Å². The van der Waals surface area contributed by atoms with E-state index in [0.717, 1.165) is 35.8 Å². The Morgan fingerprint density at radius 1 is 1.08 bits per heavy atom. The van der Waals surface area contributed by atoms with Gasteiger partial charge in [0.15, 0.2) is 0 Å². The summed E-state index contributed by atoms with van der Waals surface area (Å²) in [7, 11) is 0. The van der Waals surface area contributed by atoms with Gasteiger partial charge < -0.3 is 9.15 Å². The lowest BCUT2D eigenvalue weighted by atomic mass is 10.0. The zero-order valence-electron chi connectivity index (χ0n) is 14.1. The maximum atomic E-state index is 11.8. The molecular formula is C21H22O3. The van der Waals surface area contributed by atoms with Crippen LogP contribution in [0.3, 0.4) is 0 Å².